The first-order valence-electron chi connectivity index (χ1n) is 10.5. The molecule has 29 heavy (non-hydrogen) atoms. The summed E-state index contributed by atoms with van der Waals surface area (Å²) in [6.45, 7) is 9.69. The molecule has 3 rings (SSSR count). The summed E-state index contributed by atoms with van der Waals surface area (Å²) in [5.74, 6) is 1.76. The molecule has 3 aromatic rings. The second-order valence-corrected chi connectivity index (χ2v) is 8.20. The Balaban J connectivity index is 2.09. The molecule has 0 heterocycles. The van der Waals surface area contributed by atoms with Gasteiger partial charge in [-0.3, -0.25) is 0 Å². The Morgan fingerprint density at radius 1 is 0.759 bits per heavy atom. The van der Waals surface area contributed by atoms with Crippen molar-refractivity contribution in [2.75, 3.05) is 6.61 Å². The molecule has 0 aliphatic heterocycles. The standard InChI is InChI=1S/C27H32O2/c1-19(2)23-11-8-12-24(27(23)20(3)4)25-17-21(15-16-28)13-14-26(25)29-18-22-9-6-5-7-10-22/h5-14,17,19-20,28H,15-16,18H2,1-4H3. The summed E-state index contributed by atoms with van der Waals surface area (Å²) in [4.78, 5) is 0. The number of hydrogen-bond donors (Lipinski definition) is 1. The molecule has 0 saturated heterocycles. The Bertz CT molecular complexity index is 927. The van der Waals surface area contributed by atoms with E-state index in [-0.39, 0.29) is 6.61 Å². The van der Waals surface area contributed by atoms with Crippen molar-refractivity contribution in [1.82, 2.24) is 0 Å². The first-order valence-corrected chi connectivity index (χ1v) is 10.5. The highest BCUT2D eigenvalue weighted by molar-refractivity contribution is 5.76. The highest BCUT2D eigenvalue weighted by Gasteiger charge is 2.18. The fourth-order valence-electron chi connectivity index (χ4n) is 3.90. The van der Waals surface area contributed by atoms with Gasteiger partial charge in [-0.25, -0.2) is 0 Å². The van der Waals surface area contributed by atoms with E-state index in [1.165, 1.54) is 16.7 Å². The fourth-order valence-corrected chi connectivity index (χ4v) is 3.90. The van der Waals surface area contributed by atoms with Gasteiger partial charge in [0.25, 0.3) is 0 Å². The van der Waals surface area contributed by atoms with Crippen molar-refractivity contribution in [3.05, 3.63) is 89.0 Å². The number of rotatable bonds is 8. The molecule has 0 amide bonds. The molecule has 0 aliphatic carbocycles. The maximum Gasteiger partial charge on any atom is 0.127 e. The van der Waals surface area contributed by atoms with Gasteiger partial charge in [-0.2, -0.15) is 0 Å². The lowest BCUT2D eigenvalue weighted by Gasteiger charge is -2.22. The van der Waals surface area contributed by atoms with E-state index in [9.17, 15) is 5.11 Å². The molecule has 2 nitrogen and oxygen atoms in total. The summed E-state index contributed by atoms with van der Waals surface area (Å²) >= 11 is 0. The van der Waals surface area contributed by atoms with E-state index in [2.05, 4.69) is 76.2 Å². The van der Waals surface area contributed by atoms with Crippen molar-refractivity contribution in [2.45, 2.75) is 52.6 Å². The Kier molecular flexibility index (Phi) is 7.11. The van der Waals surface area contributed by atoms with Crippen LogP contribution in [0.3, 0.4) is 0 Å². The minimum atomic E-state index is 0.146. The average molecular weight is 389 g/mol. The molecular weight excluding hydrogens is 356 g/mol. The van der Waals surface area contributed by atoms with E-state index in [1.807, 2.05) is 18.2 Å². The van der Waals surface area contributed by atoms with Gasteiger partial charge in [-0.05, 0) is 58.2 Å². The van der Waals surface area contributed by atoms with Gasteiger partial charge in [-0.15, -0.1) is 0 Å². The van der Waals surface area contributed by atoms with Crippen LogP contribution in [-0.4, -0.2) is 11.7 Å². The molecular formula is C27H32O2. The van der Waals surface area contributed by atoms with E-state index in [0.29, 0.717) is 24.9 Å². The molecule has 0 unspecified atom stereocenters. The number of hydrogen-bond acceptors (Lipinski definition) is 2. The van der Waals surface area contributed by atoms with Crippen LogP contribution in [0, 0.1) is 0 Å². The predicted octanol–water partition coefficient (Wildman–Crippen LogP) is 6.71. The molecule has 0 spiro atoms. The summed E-state index contributed by atoms with van der Waals surface area (Å²) in [5, 5.41) is 9.43. The van der Waals surface area contributed by atoms with Gasteiger partial charge in [0.1, 0.15) is 12.4 Å². The van der Waals surface area contributed by atoms with E-state index < -0.39 is 0 Å². The van der Waals surface area contributed by atoms with Crippen LogP contribution < -0.4 is 4.74 Å². The molecule has 0 atom stereocenters. The summed E-state index contributed by atoms with van der Waals surface area (Å²) in [6.07, 6.45) is 0.646. The largest absolute Gasteiger partial charge is 0.488 e. The number of aliphatic hydroxyl groups is 1. The van der Waals surface area contributed by atoms with Gasteiger partial charge in [0.05, 0.1) is 0 Å². The van der Waals surface area contributed by atoms with Crippen LogP contribution in [0.25, 0.3) is 11.1 Å². The molecule has 1 N–H and O–H groups in total. The van der Waals surface area contributed by atoms with Gasteiger partial charge in [0.15, 0.2) is 0 Å². The third-order valence-corrected chi connectivity index (χ3v) is 5.31. The molecule has 0 saturated carbocycles. The van der Waals surface area contributed by atoms with Crippen molar-refractivity contribution in [3.63, 3.8) is 0 Å². The SMILES string of the molecule is CC(C)c1cccc(-c2cc(CCO)ccc2OCc2ccccc2)c1C(C)C. The van der Waals surface area contributed by atoms with E-state index in [0.717, 1.165) is 22.4 Å². The van der Waals surface area contributed by atoms with Gasteiger partial charge < -0.3 is 9.84 Å². The first-order chi connectivity index (χ1) is 14.0. The second kappa shape index (κ2) is 9.76. The van der Waals surface area contributed by atoms with Crippen molar-refractivity contribution in [1.29, 1.82) is 0 Å². The Labute approximate surface area is 175 Å². The summed E-state index contributed by atoms with van der Waals surface area (Å²) in [5.41, 5.74) is 7.39. The molecule has 0 aromatic heterocycles. The maximum atomic E-state index is 9.43. The molecule has 3 aromatic carbocycles. The number of aliphatic hydroxyl groups excluding tert-OH is 1. The van der Waals surface area contributed by atoms with E-state index >= 15 is 0 Å². The van der Waals surface area contributed by atoms with Gasteiger partial charge in [0.2, 0.25) is 0 Å². The smallest absolute Gasteiger partial charge is 0.127 e. The molecule has 0 aliphatic rings. The fraction of sp³-hybridized carbons (Fsp3) is 0.333. The average Bonchev–Trinajstić information content (AvgIpc) is 2.73. The molecule has 0 radical (unpaired) electrons. The number of benzene rings is 3. The Hall–Kier alpha value is -2.58. The van der Waals surface area contributed by atoms with E-state index in [4.69, 9.17) is 4.74 Å². The number of ether oxygens (including phenoxy) is 1. The van der Waals surface area contributed by atoms with Crippen LogP contribution in [0.2, 0.25) is 0 Å². The van der Waals surface area contributed by atoms with Crippen LogP contribution in [0.1, 0.15) is 61.8 Å². The lowest BCUT2D eigenvalue weighted by Crippen LogP contribution is -2.04. The Morgan fingerprint density at radius 2 is 1.52 bits per heavy atom. The highest BCUT2D eigenvalue weighted by Crippen LogP contribution is 2.40. The van der Waals surface area contributed by atoms with Crippen molar-refractivity contribution < 1.29 is 9.84 Å². The van der Waals surface area contributed by atoms with Crippen LogP contribution in [0.5, 0.6) is 5.75 Å². The third-order valence-electron chi connectivity index (χ3n) is 5.31. The minimum Gasteiger partial charge on any atom is -0.488 e. The van der Waals surface area contributed by atoms with Gasteiger partial charge >= 0.3 is 0 Å². The zero-order valence-corrected chi connectivity index (χ0v) is 18.0. The molecule has 152 valence electrons. The van der Waals surface area contributed by atoms with Crippen LogP contribution >= 0.6 is 0 Å². The zero-order valence-electron chi connectivity index (χ0n) is 18.0. The third kappa shape index (κ3) is 5.07. The summed E-state index contributed by atoms with van der Waals surface area (Å²) in [7, 11) is 0. The topological polar surface area (TPSA) is 29.5 Å². The zero-order chi connectivity index (χ0) is 20.8. The predicted molar refractivity (Wildman–Crippen MR) is 122 cm³/mol. The van der Waals surface area contributed by atoms with Gasteiger partial charge in [-0.1, -0.05) is 82.3 Å². The lowest BCUT2D eigenvalue weighted by molar-refractivity contribution is 0.298. The van der Waals surface area contributed by atoms with E-state index in [1.54, 1.807) is 0 Å². The summed E-state index contributed by atoms with van der Waals surface area (Å²) < 4.78 is 6.28. The van der Waals surface area contributed by atoms with Crippen LogP contribution in [0.4, 0.5) is 0 Å². The van der Waals surface area contributed by atoms with Crippen molar-refractivity contribution in [3.8, 4) is 16.9 Å². The summed E-state index contributed by atoms with van der Waals surface area (Å²) in [6, 6.07) is 23.1. The minimum absolute atomic E-state index is 0.146. The van der Waals surface area contributed by atoms with Gasteiger partial charge in [0, 0.05) is 12.2 Å². The monoisotopic (exact) mass is 388 g/mol. The van der Waals surface area contributed by atoms with Crippen LogP contribution in [-0.2, 0) is 13.0 Å². The normalized spacial score (nSPS) is 11.3. The van der Waals surface area contributed by atoms with Crippen LogP contribution in [0.15, 0.2) is 66.7 Å². The maximum absolute atomic E-state index is 9.43. The first kappa shape index (κ1) is 21.1. The molecule has 0 fully saturated rings. The quantitative estimate of drug-likeness (QED) is 0.464. The highest BCUT2D eigenvalue weighted by atomic mass is 16.5. The second-order valence-electron chi connectivity index (χ2n) is 8.20. The Morgan fingerprint density at radius 3 is 2.17 bits per heavy atom. The lowest BCUT2D eigenvalue weighted by atomic mass is 9.84. The van der Waals surface area contributed by atoms with Crippen molar-refractivity contribution in [2.24, 2.45) is 0 Å². The molecule has 2 heteroatoms. The van der Waals surface area contributed by atoms with Crippen molar-refractivity contribution >= 4 is 0 Å². The molecule has 0 bridgehead atoms.